The van der Waals surface area contributed by atoms with Gasteiger partial charge in [-0.3, -0.25) is 4.79 Å². The van der Waals surface area contributed by atoms with Crippen molar-refractivity contribution in [2.24, 2.45) is 0 Å². The van der Waals surface area contributed by atoms with Crippen LogP contribution in [-0.4, -0.2) is 27.8 Å². The number of amides is 1. The van der Waals surface area contributed by atoms with Crippen molar-refractivity contribution in [1.82, 2.24) is 14.8 Å². The van der Waals surface area contributed by atoms with Gasteiger partial charge in [0.2, 0.25) is 0 Å². The summed E-state index contributed by atoms with van der Waals surface area (Å²) < 4.78 is 7.05. The third kappa shape index (κ3) is 3.52. The number of aromatic nitrogens is 3. The van der Waals surface area contributed by atoms with E-state index in [4.69, 9.17) is 4.74 Å². The number of carbonyl (C=O) groups is 1. The largest absolute Gasteiger partial charge is 0.495 e. The number of nitrogens with zero attached hydrogens (tertiary/aromatic N) is 3. The van der Waals surface area contributed by atoms with Crippen LogP contribution < -0.4 is 10.1 Å². The van der Waals surface area contributed by atoms with Crippen molar-refractivity contribution in [2.75, 3.05) is 12.4 Å². The maximum atomic E-state index is 12.5. The van der Waals surface area contributed by atoms with Gasteiger partial charge in [-0.05, 0) is 62.7 Å². The number of aryl methyl sites for hydroxylation is 3. The first-order chi connectivity index (χ1) is 12.0. The lowest BCUT2D eigenvalue weighted by Crippen LogP contribution is -2.13. The minimum atomic E-state index is -0.193. The molecule has 0 saturated heterocycles. The lowest BCUT2D eigenvalue weighted by Gasteiger charge is -2.11. The number of rotatable bonds is 4. The molecule has 1 aromatic heterocycles. The maximum Gasteiger partial charge on any atom is 0.255 e. The average Bonchev–Trinajstić information content (AvgIpc) is 2.93. The Kier molecular flexibility index (Phi) is 4.52. The van der Waals surface area contributed by atoms with Crippen LogP contribution in [0.5, 0.6) is 5.75 Å². The maximum absolute atomic E-state index is 12.5. The number of nitrogens with one attached hydrogen (secondary N) is 1. The zero-order valence-corrected chi connectivity index (χ0v) is 14.7. The zero-order valence-electron chi connectivity index (χ0n) is 14.7. The van der Waals surface area contributed by atoms with E-state index in [1.807, 2.05) is 51.1 Å². The lowest BCUT2D eigenvalue weighted by molar-refractivity contribution is 0.102. The smallest absolute Gasteiger partial charge is 0.255 e. The summed E-state index contributed by atoms with van der Waals surface area (Å²) in [6, 6.07) is 12.9. The highest BCUT2D eigenvalue weighted by molar-refractivity contribution is 6.05. The molecule has 1 heterocycles. The topological polar surface area (TPSA) is 69.0 Å². The van der Waals surface area contributed by atoms with E-state index in [0.717, 1.165) is 17.1 Å². The van der Waals surface area contributed by atoms with Gasteiger partial charge in [-0.1, -0.05) is 6.07 Å². The van der Waals surface area contributed by atoms with Crippen molar-refractivity contribution < 1.29 is 9.53 Å². The second-order valence-electron chi connectivity index (χ2n) is 5.82. The minimum absolute atomic E-state index is 0.193. The van der Waals surface area contributed by atoms with Gasteiger partial charge in [0.1, 0.15) is 17.4 Å². The quantitative estimate of drug-likeness (QED) is 0.792. The molecule has 3 rings (SSSR count). The van der Waals surface area contributed by atoms with Crippen molar-refractivity contribution in [3.63, 3.8) is 0 Å². The van der Waals surface area contributed by atoms with Gasteiger partial charge in [-0.2, -0.15) is 5.10 Å². The Morgan fingerprint density at radius 1 is 1.08 bits per heavy atom. The van der Waals surface area contributed by atoms with E-state index in [-0.39, 0.29) is 5.91 Å². The molecule has 0 aliphatic heterocycles. The molecular formula is C19H20N4O2. The average molecular weight is 336 g/mol. The van der Waals surface area contributed by atoms with Crippen LogP contribution in [-0.2, 0) is 0 Å². The van der Waals surface area contributed by atoms with E-state index in [1.165, 1.54) is 0 Å². The van der Waals surface area contributed by atoms with E-state index < -0.39 is 0 Å². The van der Waals surface area contributed by atoms with E-state index in [0.29, 0.717) is 22.8 Å². The number of benzene rings is 2. The Morgan fingerprint density at radius 2 is 1.80 bits per heavy atom. The summed E-state index contributed by atoms with van der Waals surface area (Å²) in [5, 5.41) is 7.24. The van der Waals surface area contributed by atoms with Crippen LogP contribution >= 0.6 is 0 Å². The number of hydrogen-bond donors (Lipinski definition) is 1. The molecule has 1 N–H and O–H groups in total. The van der Waals surface area contributed by atoms with Gasteiger partial charge in [-0.15, -0.1) is 0 Å². The molecule has 6 nitrogen and oxygen atoms in total. The molecule has 0 bridgehead atoms. The van der Waals surface area contributed by atoms with E-state index in [1.54, 1.807) is 23.9 Å². The van der Waals surface area contributed by atoms with Crippen molar-refractivity contribution in [1.29, 1.82) is 0 Å². The highest BCUT2D eigenvalue weighted by atomic mass is 16.5. The van der Waals surface area contributed by atoms with Crippen molar-refractivity contribution in [3.05, 3.63) is 65.2 Å². The molecule has 1 amide bonds. The number of ether oxygens (including phenoxy) is 1. The number of anilines is 1. The molecule has 0 fully saturated rings. The summed E-state index contributed by atoms with van der Waals surface area (Å²) in [4.78, 5) is 16.8. The van der Waals surface area contributed by atoms with Crippen LogP contribution in [0, 0.1) is 20.8 Å². The molecule has 6 heteroatoms. The number of hydrogen-bond acceptors (Lipinski definition) is 4. The van der Waals surface area contributed by atoms with Crippen LogP contribution in [0.1, 0.15) is 27.6 Å². The summed E-state index contributed by atoms with van der Waals surface area (Å²) in [6.45, 7) is 5.71. The van der Waals surface area contributed by atoms with Gasteiger partial charge in [0.15, 0.2) is 0 Å². The summed E-state index contributed by atoms with van der Waals surface area (Å²) >= 11 is 0. The Hall–Kier alpha value is -3.15. The molecule has 0 aliphatic carbocycles. The number of methoxy groups -OCH3 is 1. The van der Waals surface area contributed by atoms with Crippen LogP contribution in [0.3, 0.4) is 0 Å². The van der Waals surface area contributed by atoms with Crippen LogP contribution in [0.15, 0.2) is 42.5 Å². The van der Waals surface area contributed by atoms with Gasteiger partial charge in [0.05, 0.1) is 18.5 Å². The fourth-order valence-corrected chi connectivity index (χ4v) is 2.63. The van der Waals surface area contributed by atoms with E-state index in [9.17, 15) is 4.79 Å². The first-order valence-corrected chi connectivity index (χ1v) is 7.94. The predicted molar refractivity (Wildman–Crippen MR) is 96.5 cm³/mol. The lowest BCUT2D eigenvalue weighted by atomic mass is 10.1. The monoisotopic (exact) mass is 336 g/mol. The highest BCUT2D eigenvalue weighted by Crippen LogP contribution is 2.25. The fraction of sp³-hybridized carbons (Fsp3) is 0.211. The molecule has 0 unspecified atom stereocenters. The van der Waals surface area contributed by atoms with Crippen LogP contribution in [0.25, 0.3) is 5.69 Å². The first kappa shape index (κ1) is 16.7. The second kappa shape index (κ2) is 6.76. The first-order valence-electron chi connectivity index (χ1n) is 7.94. The minimum Gasteiger partial charge on any atom is -0.495 e. The van der Waals surface area contributed by atoms with Crippen molar-refractivity contribution in [3.8, 4) is 11.4 Å². The Bertz CT molecular complexity index is 914. The fourth-order valence-electron chi connectivity index (χ4n) is 2.63. The van der Waals surface area contributed by atoms with Gasteiger partial charge >= 0.3 is 0 Å². The van der Waals surface area contributed by atoms with E-state index >= 15 is 0 Å². The van der Waals surface area contributed by atoms with Gasteiger partial charge < -0.3 is 10.1 Å². The summed E-state index contributed by atoms with van der Waals surface area (Å²) in [6.07, 6.45) is 0. The Labute approximate surface area is 146 Å². The van der Waals surface area contributed by atoms with Crippen molar-refractivity contribution in [2.45, 2.75) is 20.8 Å². The Morgan fingerprint density at radius 3 is 2.40 bits per heavy atom. The molecule has 0 saturated carbocycles. The summed E-state index contributed by atoms with van der Waals surface area (Å²) in [5.41, 5.74) is 3.12. The molecule has 0 atom stereocenters. The third-order valence-electron chi connectivity index (χ3n) is 3.85. The standard InChI is InChI=1S/C19H20N4O2/c1-12-5-10-18(25-4)17(11-12)21-19(24)15-6-8-16(9-7-15)23-14(3)20-13(2)22-23/h5-11H,1-4H3,(H,21,24). The van der Waals surface area contributed by atoms with Crippen LogP contribution in [0.2, 0.25) is 0 Å². The zero-order chi connectivity index (χ0) is 18.0. The van der Waals surface area contributed by atoms with Gasteiger partial charge in [0.25, 0.3) is 5.91 Å². The number of carbonyl (C=O) groups excluding carboxylic acids is 1. The molecule has 0 aliphatic rings. The predicted octanol–water partition coefficient (Wildman–Crippen LogP) is 3.45. The Balaban J connectivity index is 1.82. The summed E-state index contributed by atoms with van der Waals surface area (Å²) in [5.74, 6) is 1.95. The second-order valence-corrected chi connectivity index (χ2v) is 5.82. The van der Waals surface area contributed by atoms with Crippen LogP contribution in [0.4, 0.5) is 5.69 Å². The van der Waals surface area contributed by atoms with E-state index in [2.05, 4.69) is 15.4 Å². The molecule has 2 aromatic carbocycles. The molecule has 25 heavy (non-hydrogen) atoms. The van der Waals surface area contributed by atoms with Gasteiger partial charge in [0, 0.05) is 5.56 Å². The molecule has 3 aromatic rings. The normalized spacial score (nSPS) is 10.6. The molecule has 128 valence electrons. The summed E-state index contributed by atoms with van der Waals surface area (Å²) in [7, 11) is 1.58. The SMILES string of the molecule is COc1ccc(C)cc1NC(=O)c1ccc(-n2nc(C)nc2C)cc1. The third-order valence-corrected chi connectivity index (χ3v) is 3.85. The highest BCUT2D eigenvalue weighted by Gasteiger charge is 2.11. The van der Waals surface area contributed by atoms with Crippen molar-refractivity contribution >= 4 is 11.6 Å². The molecule has 0 spiro atoms. The van der Waals surface area contributed by atoms with Gasteiger partial charge in [-0.25, -0.2) is 9.67 Å². The molecule has 0 radical (unpaired) electrons. The molecular weight excluding hydrogens is 316 g/mol.